The Morgan fingerprint density at radius 2 is 1.77 bits per heavy atom. The van der Waals surface area contributed by atoms with E-state index in [9.17, 15) is 0 Å². The molecule has 0 amide bonds. The molecule has 0 saturated heterocycles. The maximum atomic E-state index is 2.30. The second-order valence-corrected chi connectivity index (χ2v) is 5.00. The quantitative estimate of drug-likeness (QED) is 0.603. The lowest BCUT2D eigenvalue weighted by atomic mass is 9.77. The maximum Gasteiger partial charge on any atom is -0.0142 e. The molecule has 0 nitrogen and oxygen atoms in total. The molecule has 1 aromatic carbocycles. The van der Waals surface area contributed by atoms with Gasteiger partial charge in [0.1, 0.15) is 0 Å². The average Bonchev–Trinajstić information content (AvgIpc) is 2.01. The van der Waals surface area contributed by atoms with Crippen LogP contribution < -0.4 is 0 Å². The second kappa shape index (κ2) is 3.53. The highest BCUT2D eigenvalue weighted by molar-refractivity contribution is 5.26. The molecule has 0 aliphatic heterocycles. The van der Waals surface area contributed by atoms with E-state index in [-0.39, 0.29) is 0 Å². The van der Waals surface area contributed by atoms with Gasteiger partial charge in [-0.15, -0.1) is 0 Å². The number of hydrogen-bond acceptors (Lipinski definition) is 0. The summed E-state index contributed by atoms with van der Waals surface area (Å²) in [5.41, 5.74) is 3.16. The zero-order valence-corrected chi connectivity index (χ0v) is 9.39. The van der Waals surface area contributed by atoms with Crippen molar-refractivity contribution in [2.45, 2.75) is 40.5 Å². The van der Waals surface area contributed by atoms with E-state index in [1.54, 1.807) is 0 Å². The zero-order chi connectivity index (χ0) is 10.1. The Morgan fingerprint density at radius 1 is 1.15 bits per heavy atom. The van der Waals surface area contributed by atoms with Gasteiger partial charge >= 0.3 is 0 Å². The standard InChI is InChI=1S/C13H20/c1-10-7-6-8-12(9-10)11(2)13(3,4)5/h6-9,11H,1-5H3/t11-/m1/s1. The van der Waals surface area contributed by atoms with E-state index in [1.165, 1.54) is 11.1 Å². The molecule has 0 saturated carbocycles. The third kappa shape index (κ3) is 2.58. The molecule has 0 heterocycles. The fraction of sp³-hybridized carbons (Fsp3) is 0.538. The van der Waals surface area contributed by atoms with Crippen LogP contribution in [0.15, 0.2) is 24.3 Å². The predicted octanol–water partition coefficient (Wildman–Crippen LogP) is 4.14. The Balaban J connectivity index is 2.96. The highest BCUT2D eigenvalue weighted by Gasteiger charge is 2.21. The van der Waals surface area contributed by atoms with E-state index in [4.69, 9.17) is 0 Å². The van der Waals surface area contributed by atoms with Crippen LogP contribution in [0.25, 0.3) is 0 Å². The van der Waals surface area contributed by atoms with Gasteiger partial charge in [-0.1, -0.05) is 57.5 Å². The SMILES string of the molecule is Cc1cccc([C@@H](C)C(C)(C)C)c1. The van der Waals surface area contributed by atoms with Crippen molar-refractivity contribution in [1.29, 1.82) is 0 Å². The Morgan fingerprint density at radius 3 is 2.23 bits per heavy atom. The lowest BCUT2D eigenvalue weighted by molar-refractivity contribution is 0.339. The Hall–Kier alpha value is -0.780. The first-order chi connectivity index (χ1) is 5.91. The van der Waals surface area contributed by atoms with Crippen LogP contribution >= 0.6 is 0 Å². The first-order valence-corrected chi connectivity index (χ1v) is 4.98. The van der Waals surface area contributed by atoms with Gasteiger partial charge in [0.15, 0.2) is 0 Å². The lowest BCUT2D eigenvalue weighted by Gasteiger charge is -2.27. The van der Waals surface area contributed by atoms with Crippen molar-refractivity contribution in [2.75, 3.05) is 0 Å². The summed E-state index contributed by atoms with van der Waals surface area (Å²) < 4.78 is 0. The first kappa shape index (κ1) is 10.3. The summed E-state index contributed by atoms with van der Waals surface area (Å²) in [7, 11) is 0. The van der Waals surface area contributed by atoms with Crippen LogP contribution in [0.4, 0.5) is 0 Å². The molecule has 1 rings (SSSR count). The first-order valence-electron chi connectivity index (χ1n) is 4.98. The minimum absolute atomic E-state index is 0.355. The fourth-order valence-electron chi connectivity index (χ4n) is 1.44. The van der Waals surface area contributed by atoms with Crippen molar-refractivity contribution >= 4 is 0 Å². The van der Waals surface area contributed by atoms with Crippen molar-refractivity contribution in [3.05, 3.63) is 35.4 Å². The average molecular weight is 176 g/mol. The molecular weight excluding hydrogens is 156 g/mol. The van der Waals surface area contributed by atoms with Crippen LogP contribution in [0, 0.1) is 12.3 Å². The molecular formula is C13H20. The summed E-state index contributed by atoms with van der Waals surface area (Å²) in [5.74, 6) is 0.618. The third-order valence-corrected chi connectivity index (χ3v) is 2.84. The summed E-state index contributed by atoms with van der Waals surface area (Å²) in [6, 6.07) is 8.81. The smallest absolute Gasteiger partial charge is 0.0142 e. The molecule has 0 radical (unpaired) electrons. The van der Waals surface area contributed by atoms with Gasteiger partial charge in [-0.2, -0.15) is 0 Å². The molecule has 0 aliphatic carbocycles. The summed E-state index contributed by atoms with van der Waals surface area (Å²) in [4.78, 5) is 0. The number of rotatable bonds is 1. The van der Waals surface area contributed by atoms with Crippen LogP contribution in [0.2, 0.25) is 0 Å². The fourth-order valence-corrected chi connectivity index (χ4v) is 1.44. The van der Waals surface area contributed by atoms with Crippen molar-refractivity contribution < 1.29 is 0 Å². The van der Waals surface area contributed by atoms with Crippen LogP contribution in [0.5, 0.6) is 0 Å². The molecule has 0 aromatic heterocycles. The minimum Gasteiger partial charge on any atom is -0.0617 e. The highest BCUT2D eigenvalue weighted by Crippen LogP contribution is 2.34. The van der Waals surface area contributed by atoms with Gasteiger partial charge in [0.2, 0.25) is 0 Å². The minimum atomic E-state index is 0.355. The highest BCUT2D eigenvalue weighted by atomic mass is 14.3. The van der Waals surface area contributed by atoms with E-state index < -0.39 is 0 Å². The molecule has 1 aromatic rings. The summed E-state index contributed by atoms with van der Waals surface area (Å²) in [5, 5.41) is 0. The summed E-state index contributed by atoms with van der Waals surface area (Å²) >= 11 is 0. The van der Waals surface area contributed by atoms with E-state index in [1.807, 2.05) is 0 Å². The topological polar surface area (TPSA) is 0 Å². The van der Waals surface area contributed by atoms with Crippen molar-refractivity contribution in [3.8, 4) is 0 Å². The number of benzene rings is 1. The molecule has 0 bridgehead atoms. The molecule has 0 aliphatic rings. The predicted molar refractivity (Wildman–Crippen MR) is 59.0 cm³/mol. The summed E-state index contributed by atoms with van der Waals surface area (Å²) in [6.07, 6.45) is 0. The van der Waals surface area contributed by atoms with Crippen molar-refractivity contribution in [1.82, 2.24) is 0 Å². The molecule has 0 fully saturated rings. The van der Waals surface area contributed by atoms with Crippen LogP contribution in [0.1, 0.15) is 44.7 Å². The van der Waals surface area contributed by atoms with E-state index >= 15 is 0 Å². The monoisotopic (exact) mass is 176 g/mol. The molecule has 72 valence electrons. The Bertz CT molecular complexity index is 278. The van der Waals surface area contributed by atoms with Gasteiger partial charge in [0.25, 0.3) is 0 Å². The molecule has 1 atom stereocenters. The van der Waals surface area contributed by atoms with Gasteiger partial charge in [0.05, 0.1) is 0 Å². The Kier molecular flexibility index (Phi) is 2.80. The van der Waals surface area contributed by atoms with Gasteiger partial charge in [-0.25, -0.2) is 0 Å². The third-order valence-electron chi connectivity index (χ3n) is 2.84. The Labute approximate surface area is 82.0 Å². The second-order valence-electron chi connectivity index (χ2n) is 5.00. The normalized spacial score (nSPS) is 14.2. The number of hydrogen-bond donors (Lipinski definition) is 0. The largest absolute Gasteiger partial charge is 0.0617 e. The van der Waals surface area contributed by atoms with Crippen LogP contribution in [-0.4, -0.2) is 0 Å². The van der Waals surface area contributed by atoms with Gasteiger partial charge in [-0.3, -0.25) is 0 Å². The van der Waals surface area contributed by atoms with Crippen LogP contribution in [0.3, 0.4) is 0 Å². The van der Waals surface area contributed by atoms with Crippen LogP contribution in [-0.2, 0) is 0 Å². The van der Waals surface area contributed by atoms with Gasteiger partial charge in [0, 0.05) is 0 Å². The van der Waals surface area contributed by atoms with Crippen molar-refractivity contribution in [3.63, 3.8) is 0 Å². The summed E-state index contributed by atoms with van der Waals surface area (Å²) in [6.45, 7) is 11.3. The molecule has 0 heteroatoms. The van der Waals surface area contributed by atoms with Crippen molar-refractivity contribution in [2.24, 2.45) is 5.41 Å². The molecule has 0 spiro atoms. The van der Waals surface area contributed by atoms with E-state index in [0.29, 0.717) is 11.3 Å². The number of aryl methyl sites for hydroxylation is 1. The van der Waals surface area contributed by atoms with E-state index in [2.05, 4.69) is 58.9 Å². The lowest BCUT2D eigenvalue weighted by Crippen LogP contribution is -2.15. The van der Waals surface area contributed by atoms with Gasteiger partial charge in [-0.05, 0) is 23.8 Å². The van der Waals surface area contributed by atoms with E-state index in [0.717, 1.165) is 0 Å². The molecule has 13 heavy (non-hydrogen) atoms. The maximum absolute atomic E-state index is 2.30. The zero-order valence-electron chi connectivity index (χ0n) is 9.39. The van der Waals surface area contributed by atoms with Gasteiger partial charge < -0.3 is 0 Å². The molecule has 0 N–H and O–H groups in total. The molecule has 0 unspecified atom stereocenters.